The molecule has 1 saturated heterocycles. The third-order valence-electron chi connectivity index (χ3n) is 5.35. The fraction of sp³-hybridized carbons (Fsp3) is 0.304. The quantitative estimate of drug-likeness (QED) is 0.386. The maximum Gasteiger partial charge on any atom is 0.283 e. The van der Waals surface area contributed by atoms with E-state index in [4.69, 9.17) is 0 Å². The van der Waals surface area contributed by atoms with E-state index in [-0.39, 0.29) is 23.1 Å². The number of piperazine rings is 1. The minimum atomic E-state index is -0.427. The zero-order valence-electron chi connectivity index (χ0n) is 17.7. The largest absolute Gasteiger partial charge is 0.339 e. The van der Waals surface area contributed by atoms with E-state index in [0.717, 1.165) is 16.9 Å². The second-order valence-electron chi connectivity index (χ2n) is 7.28. The van der Waals surface area contributed by atoms with Gasteiger partial charge in [0, 0.05) is 49.6 Å². The van der Waals surface area contributed by atoms with E-state index in [1.165, 1.54) is 24.8 Å². The van der Waals surface area contributed by atoms with Crippen molar-refractivity contribution in [1.29, 1.82) is 0 Å². The Bertz CT molecular complexity index is 1030. The molecule has 1 aliphatic heterocycles. The first-order valence-corrected chi connectivity index (χ1v) is 10.9. The Kier molecular flexibility index (Phi) is 7.12. The lowest BCUT2D eigenvalue weighted by molar-refractivity contribution is -0.387. The molecule has 7 nitrogen and oxygen atoms in total. The van der Waals surface area contributed by atoms with Crippen molar-refractivity contribution in [2.24, 2.45) is 0 Å². The zero-order chi connectivity index (χ0) is 22.5. The van der Waals surface area contributed by atoms with Gasteiger partial charge in [0.25, 0.3) is 11.6 Å². The molecular weight excluding hydrogens is 414 g/mol. The monoisotopic (exact) mass is 439 g/mol. The van der Waals surface area contributed by atoms with Crippen LogP contribution in [0.2, 0.25) is 0 Å². The first-order chi connectivity index (χ1) is 14.8. The molecule has 0 atom stereocenters. The van der Waals surface area contributed by atoms with Gasteiger partial charge in [-0.2, -0.15) is 0 Å². The standard InChI is InChI=1S/C23H25N3O4S/c1-4-18-7-5-6-8-21(18)31-22-10-9-19(15-20(22)26(29)30)16(2)23(28)25-13-11-24(12-14-25)17(3)27/h5-10,15H,2,4,11-14H2,1,3H3. The highest BCUT2D eigenvalue weighted by atomic mass is 32.2. The van der Waals surface area contributed by atoms with Crippen molar-refractivity contribution in [3.8, 4) is 0 Å². The van der Waals surface area contributed by atoms with Gasteiger partial charge < -0.3 is 9.80 Å². The first-order valence-electron chi connectivity index (χ1n) is 10.1. The minimum absolute atomic E-state index is 0.0146. The molecule has 0 aromatic heterocycles. The van der Waals surface area contributed by atoms with Crippen LogP contribution in [0.4, 0.5) is 5.69 Å². The van der Waals surface area contributed by atoms with E-state index in [1.807, 2.05) is 31.2 Å². The normalized spacial score (nSPS) is 13.7. The highest BCUT2D eigenvalue weighted by molar-refractivity contribution is 7.99. The Labute approximate surface area is 185 Å². The lowest BCUT2D eigenvalue weighted by atomic mass is 10.1. The van der Waals surface area contributed by atoms with Crippen molar-refractivity contribution in [2.75, 3.05) is 26.2 Å². The van der Waals surface area contributed by atoms with Crippen molar-refractivity contribution in [3.05, 3.63) is 70.3 Å². The topological polar surface area (TPSA) is 83.8 Å². The summed E-state index contributed by atoms with van der Waals surface area (Å²) >= 11 is 1.35. The van der Waals surface area contributed by atoms with Crippen LogP contribution in [0.15, 0.2) is 58.8 Å². The van der Waals surface area contributed by atoms with Crippen molar-refractivity contribution in [2.45, 2.75) is 30.1 Å². The average molecular weight is 440 g/mol. The molecule has 2 aromatic rings. The van der Waals surface area contributed by atoms with E-state index in [0.29, 0.717) is 36.6 Å². The van der Waals surface area contributed by atoms with Crippen molar-refractivity contribution in [1.82, 2.24) is 9.80 Å². The molecule has 0 N–H and O–H groups in total. The van der Waals surface area contributed by atoms with Gasteiger partial charge in [0.15, 0.2) is 0 Å². The predicted octanol–water partition coefficient (Wildman–Crippen LogP) is 4.01. The van der Waals surface area contributed by atoms with E-state index >= 15 is 0 Å². The summed E-state index contributed by atoms with van der Waals surface area (Å²) in [4.78, 5) is 40.5. The predicted molar refractivity (Wildman–Crippen MR) is 121 cm³/mol. The Morgan fingerprint density at radius 2 is 1.71 bits per heavy atom. The van der Waals surface area contributed by atoms with Gasteiger partial charge >= 0.3 is 0 Å². The second-order valence-corrected chi connectivity index (χ2v) is 8.36. The van der Waals surface area contributed by atoms with E-state index < -0.39 is 4.92 Å². The number of nitrogens with zero attached hydrogens (tertiary/aromatic N) is 3. The molecule has 0 aliphatic carbocycles. The Morgan fingerprint density at radius 3 is 2.32 bits per heavy atom. The summed E-state index contributed by atoms with van der Waals surface area (Å²) in [5.74, 6) is -0.284. The number of carbonyl (C=O) groups is 2. The van der Waals surface area contributed by atoms with Gasteiger partial charge in [-0.05, 0) is 29.7 Å². The molecule has 0 radical (unpaired) electrons. The maximum absolute atomic E-state index is 12.9. The molecule has 0 spiro atoms. The van der Waals surface area contributed by atoms with Gasteiger partial charge in [0.1, 0.15) is 0 Å². The summed E-state index contributed by atoms with van der Waals surface area (Å²) in [6.07, 6.45) is 0.831. The summed E-state index contributed by atoms with van der Waals surface area (Å²) in [6.45, 7) is 9.23. The minimum Gasteiger partial charge on any atom is -0.339 e. The number of hydrogen-bond donors (Lipinski definition) is 0. The molecule has 0 unspecified atom stereocenters. The number of benzene rings is 2. The van der Waals surface area contributed by atoms with Crippen LogP contribution in [0.5, 0.6) is 0 Å². The van der Waals surface area contributed by atoms with Crippen LogP contribution in [0, 0.1) is 10.1 Å². The van der Waals surface area contributed by atoms with Gasteiger partial charge in [-0.25, -0.2) is 0 Å². The smallest absolute Gasteiger partial charge is 0.283 e. The zero-order valence-corrected chi connectivity index (χ0v) is 18.5. The van der Waals surface area contributed by atoms with Crippen LogP contribution < -0.4 is 0 Å². The second kappa shape index (κ2) is 9.78. The maximum atomic E-state index is 12.9. The van der Waals surface area contributed by atoms with Crippen molar-refractivity contribution < 1.29 is 14.5 Å². The summed E-state index contributed by atoms with van der Waals surface area (Å²) in [5.41, 5.74) is 1.71. The molecule has 3 rings (SSSR count). The third kappa shape index (κ3) is 5.14. The van der Waals surface area contributed by atoms with Gasteiger partial charge in [0.2, 0.25) is 5.91 Å². The number of amides is 2. The molecule has 8 heteroatoms. The first kappa shape index (κ1) is 22.6. The number of rotatable bonds is 6. The highest BCUT2D eigenvalue weighted by Gasteiger charge is 2.26. The van der Waals surface area contributed by atoms with Crippen molar-refractivity contribution in [3.63, 3.8) is 0 Å². The molecule has 31 heavy (non-hydrogen) atoms. The SMILES string of the molecule is C=C(C(=O)N1CCN(C(C)=O)CC1)c1ccc(Sc2ccccc2CC)c([N+](=O)[O-])c1. The average Bonchev–Trinajstić information content (AvgIpc) is 2.78. The Balaban J connectivity index is 1.80. The third-order valence-corrected chi connectivity index (χ3v) is 6.53. The molecule has 0 bridgehead atoms. The molecule has 2 aromatic carbocycles. The van der Waals surface area contributed by atoms with Gasteiger partial charge in [-0.1, -0.05) is 49.5 Å². The molecule has 0 saturated carbocycles. The highest BCUT2D eigenvalue weighted by Crippen LogP contribution is 2.38. The van der Waals surface area contributed by atoms with Crippen molar-refractivity contribution >= 4 is 34.8 Å². The number of carbonyl (C=O) groups excluding carboxylic acids is 2. The number of hydrogen-bond acceptors (Lipinski definition) is 5. The fourth-order valence-corrected chi connectivity index (χ4v) is 4.59. The fourth-order valence-electron chi connectivity index (χ4n) is 3.49. The number of nitro benzene ring substituents is 1. The molecule has 1 aliphatic rings. The molecule has 1 heterocycles. The Morgan fingerprint density at radius 1 is 1.06 bits per heavy atom. The summed E-state index contributed by atoms with van der Waals surface area (Å²) in [5, 5.41) is 11.7. The van der Waals surface area contributed by atoms with Gasteiger partial charge in [-0.3, -0.25) is 19.7 Å². The lowest BCUT2D eigenvalue weighted by Crippen LogP contribution is -2.50. The summed E-state index contributed by atoms with van der Waals surface area (Å²) in [6, 6.07) is 12.6. The molecule has 162 valence electrons. The van der Waals surface area contributed by atoms with Crippen LogP contribution in [-0.4, -0.2) is 52.7 Å². The van der Waals surface area contributed by atoms with Crippen LogP contribution in [0.1, 0.15) is 25.0 Å². The molecular formula is C23H25N3O4S. The van der Waals surface area contributed by atoms with Crippen LogP contribution in [0.25, 0.3) is 5.57 Å². The molecule has 2 amide bonds. The number of nitro groups is 1. The summed E-state index contributed by atoms with van der Waals surface area (Å²) in [7, 11) is 0. The van der Waals surface area contributed by atoms with Crippen LogP contribution >= 0.6 is 11.8 Å². The number of aryl methyl sites for hydroxylation is 1. The lowest BCUT2D eigenvalue weighted by Gasteiger charge is -2.34. The van der Waals surface area contributed by atoms with Crippen LogP contribution in [-0.2, 0) is 16.0 Å². The van der Waals surface area contributed by atoms with E-state index in [1.54, 1.807) is 21.9 Å². The van der Waals surface area contributed by atoms with Gasteiger partial charge in [-0.15, -0.1) is 0 Å². The van der Waals surface area contributed by atoms with E-state index in [2.05, 4.69) is 6.58 Å². The molecule has 1 fully saturated rings. The van der Waals surface area contributed by atoms with Gasteiger partial charge in [0.05, 0.1) is 9.82 Å². The van der Waals surface area contributed by atoms with E-state index in [9.17, 15) is 19.7 Å². The van der Waals surface area contributed by atoms with Crippen LogP contribution in [0.3, 0.4) is 0 Å². The Hall–Kier alpha value is -3.13. The summed E-state index contributed by atoms with van der Waals surface area (Å²) < 4.78 is 0.